The molecule has 2 N–H and O–H groups in total. The summed E-state index contributed by atoms with van der Waals surface area (Å²) in [6, 6.07) is 14.2. The summed E-state index contributed by atoms with van der Waals surface area (Å²) in [4.78, 5) is 13.5. The smallest absolute Gasteiger partial charge is 0.363 e. The van der Waals surface area contributed by atoms with E-state index in [9.17, 15) is 18.0 Å². The Morgan fingerprint density at radius 2 is 1.76 bits per heavy atom. The van der Waals surface area contributed by atoms with Gasteiger partial charge >= 0.3 is 6.18 Å². The van der Waals surface area contributed by atoms with E-state index < -0.39 is 29.7 Å². The van der Waals surface area contributed by atoms with E-state index in [4.69, 9.17) is 0 Å². The van der Waals surface area contributed by atoms with Crippen molar-refractivity contribution in [2.45, 2.75) is 56.9 Å². The van der Waals surface area contributed by atoms with Gasteiger partial charge in [0, 0.05) is 10.9 Å². The number of benzene rings is 2. The lowest BCUT2D eigenvalue weighted by molar-refractivity contribution is -0.173. The van der Waals surface area contributed by atoms with Gasteiger partial charge in [0.25, 0.3) is 5.91 Å². The predicted molar refractivity (Wildman–Crippen MR) is 129 cm³/mol. The van der Waals surface area contributed by atoms with Crippen LogP contribution in [0.3, 0.4) is 0 Å². The molecule has 5 nitrogen and oxygen atoms in total. The molecule has 9 heteroatoms. The Kier molecular flexibility index (Phi) is 6.75. The van der Waals surface area contributed by atoms with Crippen LogP contribution in [0.2, 0.25) is 0 Å². The van der Waals surface area contributed by atoms with Crippen LogP contribution in [-0.2, 0) is 5.54 Å². The van der Waals surface area contributed by atoms with E-state index in [2.05, 4.69) is 31.7 Å². The van der Waals surface area contributed by atoms with Crippen LogP contribution in [0.5, 0.6) is 0 Å². The molecule has 2 atom stereocenters. The van der Waals surface area contributed by atoms with Crippen molar-refractivity contribution in [2.24, 2.45) is 0 Å². The highest BCUT2D eigenvalue weighted by molar-refractivity contribution is 9.10. The molecule has 0 bridgehead atoms. The molecule has 0 aliphatic carbocycles. The van der Waals surface area contributed by atoms with E-state index >= 15 is 0 Å². The van der Waals surface area contributed by atoms with E-state index in [1.807, 2.05) is 44.2 Å². The number of halogens is 4. The summed E-state index contributed by atoms with van der Waals surface area (Å²) >= 11 is 3.43. The molecule has 2 heterocycles. The van der Waals surface area contributed by atoms with Crippen LogP contribution in [0.1, 0.15) is 66.7 Å². The lowest BCUT2D eigenvalue weighted by atomic mass is 9.84. The van der Waals surface area contributed by atoms with Crippen molar-refractivity contribution in [3.63, 3.8) is 0 Å². The molecule has 1 amide bonds. The Morgan fingerprint density at radius 3 is 2.35 bits per heavy atom. The van der Waals surface area contributed by atoms with Gasteiger partial charge in [-0.1, -0.05) is 72.2 Å². The number of carbonyl (C=O) groups excluding carboxylic acids is 1. The third-order valence-electron chi connectivity index (χ3n) is 6.64. The Morgan fingerprint density at radius 1 is 1.12 bits per heavy atom. The van der Waals surface area contributed by atoms with Gasteiger partial charge in [-0.2, -0.15) is 18.3 Å². The molecular weight excluding hydrogens is 509 g/mol. The molecule has 2 aromatic carbocycles. The van der Waals surface area contributed by atoms with Crippen LogP contribution in [0.4, 0.5) is 19.0 Å². The van der Waals surface area contributed by atoms with Gasteiger partial charge in [0.2, 0.25) is 0 Å². The molecule has 2 unspecified atom stereocenters. The minimum atomic E-state index is -4.50. The van der Waals surface area contributed by atoms with Gasteiger partial charge in [-0.05, 0) is 36.1 Å². The third kappa shape index (κ3) is 4.58. The molecule has 1 aliphatic rings. The quantitative estimate of drug-likeness (QED) is 0.367. The summed E-state index contributed by atoms with van der Waals surface area (Å²) in [5.74, 6) is -0.383. The number of hydrogen-bond donors (Lipinski definition) is 2. The van der Waals surface area contributed by atoms with E-state index in [0.717, 1.165) is 20.3 Å². The topological polar surface area (TPSA) is 59.0 Å². The van der Waals surface area contributed by atoms with Crippen molar-refractivity contribution < 1.29 is 18.0 Å². The zero-order valence-corrected chi connectivity index (χ0v) is 20.5. The number of alkyl halides is 3. The number of anilines is 1. The van der Waals surface area contributed by atoms with E-state index in [1.54, 1.807) is 24.3 Å². The second kappa shape index (κ2) is 9.44. The maximum atomic E-state index is 14.0. The second-order valence-electron chi connectivity index (χ2n) is 8.50. The number of nitrogens with zero attached hydrogens (tertiary/aromatic N) is 2. The van der Waals surface area contributed by atoms with Crippen LogP contribution >= 0.6 is 15.9 Å². The number of nitrogens with one attached hydrogen (secondary N) is 2. The average Bonchev–Trinajstić information content (AvgIpc) is 3.26. The highest BCUT2D eigenvalue weighted by Crippen LogP contribution is 2.44. The number of rotatable bonds is 6. The summed E-state index contributed by atoms with van der Waals surface area (Å²) in [5.41, 5.74) is 1.09. The number of carbonyl (C=O) groups is 1. The molecule has 1 aliphatic heterocycles. The molecular formula is C25H26BrF3N4O. The lowest BCUT2D eigenvalue weighted by Crippen LogP contribution is -2.45. The molecule has 0 radical (unpaired) electrons. The van der Waals surface area contributed by atoms with Crippen molar-refractivity contribution in [1.29, 1.82) is 0 Å². The van der Waals surface area contributed by atoms with E-state index in [0.29, 0.717) is 12.8 Å². The summed E-state index contributed by atoms with van der Waals surface area (Å²) in [5, 5.41) is 10.2. The zero-order valence-electron chi connectivity index (χ0n) is 18.9. The SMILES string of the molecule is CCC(CC)(NC(=O)c1cnn2c1NC(c1ccccc1)CC2C(F)(F)F)c1ccc(Br)cc1. The summed E-state index contributed by atoms with van der Waals surface area (Å²) in [7, 11) is 0. The first-order chi connectivity index (χ1) is 16.2. The fourth-order valence-corrected chi connectivity index (χ4v) is 4.86. The average molecular weight is 535 g/mol. The molecule has 0 fully saturated rings. The number of amides is 1. The van der Waals surface area contributed by atoms with Gasteiger partial charge in [0.05, 0.1) is 17.8 Å². The first-order valence-corrected chi connectivity index (χ1v) is 12.0. The monoisotopic (exact) mass is 534 g/mol. The summed E-state index contributed by atoms with van der Waals surface area (Å²) in [6.45, 7) is 3.95. The van der Waals surface area contributed by atoms with Crippen molar-refractivity contribution in [3.8, 4) is 0 Å². The standard InChI is InChI=1S/C25H26BrF3N4O/c1-3-24(4-2,17-10-12-18(26)13-11-17)32-23(34)19-15-30-33-21(25(27,28)29)14-20(31-22(19)33)16-8-6-5-7-9-16/h5-13,15,20-21,31H,3-4,14H2,1-2H3,(H,32,34). The fraction of sp³-hybridized carbons (Fsp3) is 0.360. The maximum absolute atomic E-state index is 14.0. The molecule has 0 spiro atoms. The minimum absolute atomic E-state index is 0.0804. The van der Waals surface area contributed by atoms with Crippen molar-refractivity contribution in [1.82, 2.24) is 15.1 Å². The molecule has 0 saturated carbocycles. The Hall–Kier alpha value is -2.81. The maximum Gasteiger partial charge on any atom is 0.410 e. The minimum Gasteiger partial charge on any atom is -0.363 e. The zero-order chi connectivity index (χ0) is 24.5. The van der Waals surface area contributed by atoms with E-state index in [-0.39, 0.29) is 17.8 Å². The molecule has 1 aromatic heterocycles. The van der Waals surface area contributed by atoms with Crippen LogP contribution in [-0.4, -0.2) is 21.9 Å². The number of fused-ring (bicyclic) bond motifs is 1. The van der Waals surface area contributed by atoms with Crippen LogP contribution < -0.4 is 10.6 Å². The first kappa shape index (κ1) is 24.3. The number of aromatic nitrogens is 2. The van der Waals surface area contributed by atoms with Crippen molar-refractivity contribution >= 4 is 27.7 Å². The van der Waals surface area contributed by atoms with Crippen LogP contribution in [0, 0.1) is 0 Å². The Bertz CT molecular complexity index is 1140. The normalized spacial score (nSPS) is 18.2. The number of hydrogen-bond acceptors (Lipinski definition) is 3. The van der Waals surface area contributed by atoms with Crippen LogP contribution in [0.25, 0.3) is 0 Å². The largest absolute Gasteiger partial charge is 0.410 e. The first-order valence-electron chi connectivity index (χ1n) is 11.2. The van der Waals surface area contributed by atoms with Gasteiger partial charge in [0.15, 0.2) is 6.04 Å². The van der Waals surface area contributed by atoms with E-state index in [1.165, 1.54) is 6.20 Å². The second-order valence-corrected chi connectivity index (χ2v) is 9.42. The van der Waals surface area contributed by atoms with Gasteiger partial charge in [-0.25, -0.2) is 4.68 Å². The Labute approximate surface area is 204 Å². The van der Waals surface area contributed by atoms with Gasteiger partial charge in [-0.15, -0.1) is 0 Å². The highest BCUT2D eigenvalue weighted by Gasteiger charge is 2.47. The Balaban J connectivity index is 1.70. The fourth-order valence-electron chi connectivity index (χ4n) is 4.59. The highest BCUT2D eigenvalue weighted by atomic mass is 79.9. The summed E-state index contributed by atoms with van der Waals surface area (Å²) in [6.07, 6.45) is -2.26. The predicted octanol–water partition coefficient (Wildman–Crippen LogP) is 6.75. The van der Waals surface area contributed by atoms with Gasteiger partial charge in [0.1, 0.15) is 11.4 Å². The molecule has 4 rings (SSSR count). The lowest BCUT2D eigenvalue weighted by Gasteiger charge is -2.35. The third-order valence-corrected chi connectivity index (χ3v) is 7.17. The van der Waals surface area contributed by atoms with Gasteiger partial charge < -0.3 is 10.6 Å². The van der Waals surface area contributed by atoms with Crippen molar-refractivity contribution in [3.05, 3.63) is 82.0 Å². The summed E-state index contributed by atoms with van der Waals surface area (Å²) < 4.78 is 43.7. The van der Waals surface area contributed by atoms with Gasteiger partial charge in [-0.3, -0.25) is 4.79 Å². The molecule has 180 valence electrons. The molecule has 0 saturated heterocycles. The molecule has 3 aromatic rings. The molecule has 34 heavy (non-hydrogen) atoms. The van der Waals surface area contributed by atoms with Crippen molar-refractivity contribution in [2.75, 3.05) is 5.32 Å². The van der Waals surface area contributed by atoms with Crippen LogP contribution in [0.15, 0.2) is 65.3 Å².